The third-order valence-corrected chi connectivity index (χ3v) is 5.27. The van der Waals surface area contributed by atoms with Crippen molar-refractivity contribution in [2.24, 2.45) is 7.05 Å². The molecule has 0 fully saturated rings. The second-order valence-corrected chi connectivity index (χ2v) is 7.61. The average Bonchev–Trinajstić information content (AvgIpc) is 2.95. The third kappa shape index (κ3) is 3.94. The number of benzene rings is 2. The summed E-state index contributed by atoms with van der Waals surface area (Å²) in [4.78, 5) is 12.6. The van der Waals surface area contributed by atoms with Crippen molar-refractivity contribution in [2.45, 2.75) is 24.3 Å². The van der Waals surface area contributed by atoms with Crippen LogP contribution in [0.5, 0.6) is 0 Å². The fraction of sp³-hybridized carbons (Fsp3) is 0.211. The van der Waals surface area contributed by atoms with Gasteiger partial charge in [0.25, 0.3) is 0 Å². The van der Waals surface area contributed by atoms with Crippen molar-refractivity contribution >= 4 is 29.1 Å². The maximum Gasteiger partial charge on any atom is 0.191 e. The lowest BCUT2D eigenvalue weighted by molar-refractivity contribution is 0.0994. The number of halogens is 1. The second kappa shape index (κ2) is 7.42. The fourth-order valence-corrected chi connectivity index (χ4v) is 3.54. The lowest BCUT2D eigenvalue weighted by Gasteiger charge is -2.10. The SMILES string of the molecule is Cc1ccc(-c2nnc(SC(C)C(=O)c3cccc(Cl)c3)n2C)cc1. The first-order valence-electron chi connectivity index (χ1n) is 7.88. The summed E-state index contributed by atoms with van der Waals surface area (Å²) in [5, 5.41) is 9.50. The molecule has 3 aromatic rings. The average molecular weight is 372 g/mol. The summed E-state index contributed by atoms with van der Waals surface area (Å²) in [7, 11) is 1.91. The predicted octanol–water partition coefficient (Wildman–Crippen LogP) is 4.81. The largest absolute Gasteiger partial charge is 0.305 e. The van der Waals surface area contributed by atoms with E-state index in [1.165, 1.54) is 17.3 Å². The van der Waals surface area contributed by atoms with Crippen molar-refractivity contribution < 1.29 is 4.79 Å². The van der Waals surface area contributed by atoms with E-state index < -0.39 is 0 Å². The number of carbonyl (C=O) groups excluding carboxylic acids is 1. The molecule has 0 aliphatic heterocycles. The number of hydrogen-bond acceptors (Lipinski definition) is 4. The summed E-state index contributed by atoms with van der Waals surface area (Å²) in [6.07, 6.45) is 0. The van der Waals surface area contributed by atoms with Gasteiger partial charge in [-0.05, 0) is 26.0 Å². The first kappa shape index (κ1) is 17.7. The van der Waals surface area contributed by atoms with Crippen LogP contribution in [0.1, 0.15) is 22.8 Å². The monoisotopic (exact) mass is 371 g/mol. The van der Waals surface area contributed by atoms with E-state index in [4.69, 9.17) is 11.6 Å². The van der Waals surface area contributed by atoms with Crippen LogP contribution in [0.3, 0.4) is 0 Å². The molecule has 0 spiro atoms. The van der Waals surface area contributed by atoms with E-state index in [9.17, 15) is 4.79 Å². The van der Waals surface area contributed by atoms with Crippen LogP contribution in [0.4, 0.5) is 0 Å². The number of carbonyl (C=O) groups is 1. The highest BCUT2D eigenvalue weighted by molar-refractivity contribution is 8.00. The van der Waals surface area contributed by atoms with Crippen LogP contribution in [0.2, 0.25) is 5.02 Å². The zero-order chi connectivity index (χ0) is 18.0. The Balaban J connectivity index is 1.79. The van der Waals surface area contributed by atoms with Gasteiger partial charge in [0.05, 0.1) is 5.25 Å². The minimum absolute atomic E-state index is 0.0207. The van der Waals surface area contributed by atoms with E-state index in [1.54, 1.807) is 24.3 Å². The van der Waals surface area contributed by atoms with Gasteiger partial charge in [-0.15, -0.1) is 10.2 Å². The smallest absolute Gasteiger partial charge is 0.191 e. The molecule has 2 aromatic carbocycles. The number of aromatic nitrogens is 3. The molecular weight excluding hydrogens is 354 g/mol. The Bertz CT molecular complexity index is 905. The van der Waals surface area contributed by atoms with Crippen LogP contribution >= 0.6 is 23.4 Å². The topological polar surface area (TPSA) is 47.8 Å². The van der Waals surface area contributed by atoms with E-state index >= 15 is 0 Å². The van der Waals surface area contributed by atoms with Crippen molar-refractivity contribution in [2.75, 3.05) is 0 Å². The molecule has 0 saturated carbocycles. The van der Waals surface area contributed by atoms with Gasteiger partial charge in [0, 0.05) is 23.2 Å². The highest BCUT2D eigenvalue weighted by atomic mass is 35.5. The number of hydrogen-bond donors (Lipinski definition) is 0. The molecule has 0 aliphatic rings. The van der Waals surface area contributed by atoms with E-state index in [2.05, 4.69) is 10.2 Å². The second-order valence-electron chi connectivity index (χ2n) is 5.87. The summed E-state index contributed by atoms with van der Waals surface area (Å²) < 4.78 is 1.91. The molecule has 128 valence electrons. The van der Waals surface area contributed by atoms with E-state index in [0.29, 0.717) is 15.7 Å². The summed E-state index contributed by atoms with van der Waals surface area (Å²) in [6, 6.07) is 15.1. The van der Waals surface area contributed by atoms with Crippen molar-refractivity contribution in [3.63, 3.8) is 0 Å². The van der Waals surface area contributed by atoms with Gasteiger partial charge in [-0.1, -0.05) is 65.3 Å². The molecule has 0 amide bonds. The molecule has 3 rings (SSSR count). The maximum atomic E-state index is 12.6. The maximum absolute atomic E-state index is 12.6. The molecule has 0 radical (unpaired) electrons. The van der Waals surface area contributed by atoms with Gasteiger partial charge in [0.2, 0.25) is 0 Å². The van der Waals surface area contributed by atoms with E-state index in [0.717, 1.165) is 11.4 Å². The fourth-order valence-electron chi connectivity index (χ4n) is 2.46. The standard InChI is InChI=1S/C19H18ClN3OS/c1-12-7-9-14(10-8-12)18-21-22-19(23(18)3)25-13(2)17(24)15-5-4-6-16(20)11-15/h4-11,13H,1-3H3. The van der Waals surface area contributed by atoms with Gasteiger partial charge >= 0.3 is 0 Å². The first-order valence-corrected chi connectivity index (χ1v) is 9.14. The molecule has 4 nitrogen and oxygen atoms in total. The zero-order valence-electron chi connectivity index (χ0n) is 14.2. The van der Waals surface area contributed by atoms with Crippen LogP contribution in [0.15, 0.2) is 53.7 Å². The minimum Gasteiger partial charge on any atom is -0.305 e. The van der Waals surface area contributed by atoms with Gasteiger partial charge in [-0.2, -0.15) is 0 Å². The Hall–Kier alpha value is -2.11. The van der Waals surface area contributed by atoms with Gasteiger partial charge in [-0.3, -0.25) is 4.79 Å². The lowest BCUT2D eigenvalue weighted by Crippen LogP contribution is -2.14. The highest BCUT2D eigenvalue weighted by Crippen LogP contribution is 2.27. The summed E-state index contributed by atoms with van der Waals surface area (Å²) in [6.45, 7) is 3.92. The number of thioether (sulfide) groups is 1. The number of rotatable bonds is 5. The van der Waals surface area contributed by atoms with Gasteiger partial charge in [0.1, 0.15) is 0 Å². The summed E-state index contributed by atoms with van der Waals surface area (Å²) in [5.41, 5.74) is 2.80. The predicted molar refractivity (Wildman–Crippen MR) is 102 cm³/mol. The number of nitrogens with zero attached hydrogens (tertiary/aromatic N) is 3. The van der Waals surface area contributed by atoms with Gasteiger partial charge in [0.15, 0.2) is 16.8 Å². The van der Waals surface area contributed by atoms with Crippen molar-refractivity contribution in [3.8, 4) is 11.4 Å². The van der Waals surface area contributed by atoms with Gasteiger partial charge in [-0.25, -0.2) is 0 Å². The molecule has 1 unspecified atom stereocenters. The normalized spacial score (nSPS) is 12.2. The Labute approximate surface area is 156 Å². The quantitative estimate of drug-likeness (QED) is 0.477. The summed E-state index contributed by atoms with van der Waals surface area (Å²) in [5.74, 6) is 0.803. The molecule has 25 heavy (non-hydrogen) atoms. The van der Waals surface area contributed by atoms with Crippen LogP contribution in [-0.4, -0.2) is 25.8 Å². The first-order chi connectivity index (χ1) is 12.0. The van der Waals surface area contributed by atoms with Crippen molar-refractivity contribution in [1.29, 1.82) is 0 Å². The molecule has 0 bridgehead atoms. The molecule has 0 N–H and O–H groups in total. The van der Waals surface area contributed by atoms with E-state index in [-0.39, 0.29) is 11.0 Å². The third-order valence-electron chi connectivity index (χ3n) is 3.91. The van der Waals surface area contributed by atoms with Crippen molar-refractivity contribution in [1.82, 2.24) is 14.8 Å². The molecule has 1 atom stereocenters. The molecule has 1 aromatic heterocycles. The highest BCUT2D eigenvalue weighted by Gasteiger charge is 2.20. The Morgan fingerprint density at radius 2 is 1.88 bits per heavy atom. The Kier molecular flexibility index (Phi) is 5.25. The molecular formula is C19H18ClN3OS. The lowest BCUT2D eigenvalue weighted by atomic mass is 10.1. The molecule has 6 heteroatoms. The van der Waals surface area contributed by atoms with Crippen LogP contribution in [-0.2, 0) is 7.05 Å². The van der Waals surface area contributed by atoms with Crippen molar-refractivity contribution in [3.05, 3.63) is 64.7 Å². The summed E-state index contributed by atoms with van der Waals surface area (Å²) >= 11 is 7.37. The number of Topliss-reactive ketones (excluding diaryl/α,β-unsaturated/α-hetero) is 1. The van der Waals surface area contributed by atoms with E-state index in [1.807, 2.05) is 49.7 Å². The zero-order valence-corrected chi connectivity index (χ0v) is 15.8. The molecule has 0 saturated heterocycles. The molecule has 0 aliphatic carbocycles. The number of ketones is 1. The van der Waals surface area contributed by atoms with Crippen LogP contribution < -0.4 is 0 Å². The molecule has 1 heterocycles. The Morgan fingerprint density at radius 1 is 1.16 bits per heavy atom. The van der Waals surface area contributed by atoms with Crippen LogP contribution in [0.25, 0.3) is 11.4 Å². The minimum atomic E-state index is -0.285. The number of aryl methyl sites for hydroxylation is 1. The van der Waals surface area contributed by atoms with Gasteiger partial charge < -0.3 is 4.57 Å². The Morgan fingerprint density at radius 3 is 2.56 bits per heavy atom. The van der Waals surface area contributed by atoms with Crippen LogP contribution in [0, 0.1) is 6.92 Å².